The molecule has 0 aromatic rings. The minimum atomic E-state index is -3.11. The predicted octanol–water partition coefficient (Wildman–Crippen LogP) is 1.47. The maximum atomic E-state index is 11.9. The number of hydrogen-bond donors (Lipinski definition) is 2. The van der Waals surface area contributed by atoms with Crippen molar-refractivity contribution in [2.24, 2.45) is 23.6 Å². The summed E-state index contributed by atoms with van der Waals surface area (Å²) in [6.07, 6.45) is 7.50. The lowest BCUT2D eigenvalue weighted by Crippen LogP contribution is -2.54. The highest BCUT2D eigenvalue weighted by Gasteiger charge is 2.45. The van der Waals surface area contributed by atoms with E-state index in [0.29, 0.717) is 5.92 Å². The third-order valence-corrected chi connectivity index (χ3v) is 7.61. The molecule has 4 nitrogen and oxygen atoms in total. The average molecular weight is 274 g/mol. The molecule has 106 valence electrons. The van der Waals surface area contributed by atoms with Crippen LogP contribution in [0, 0.1) is 17.8 Å². The van der Waals surface area contributed by atoms with Crippen molar-refractivity contribution < 1.29 is 8.42 Å². The van der Waals surface area contributed by atoms with E-state index in [2.05, 4.69) is 5.43 Å². The molecule has 0 heterocycles. The van der Waals surface area contributed by atoms with Gasteiger partial charge in [0.2, 0.25) is 0 Å². The highest BCUT2D eigenvalue weighted by Crippen LogP contribution is 2.50. The van der Waals surface area contributed by atoms with Gasteiger partial charge >= 0.3 is 0 Å². The van der Waals surface area contributed by atoms with Crippen LogP contribution in [0.25, 0.3) is 0 Å². The zero-order valence-electron chi connectivity index (χ0n) is 11.6. The summed E-state index contributed by atoms with van der Waals surface area (Å²) in [5, 5.41) is 0. The minimum Gasteiger partial charge on any atom is -0.271 e. The summed E-state index contributed by atoms with van der Waals surface area (Å²) in [5.41, 5.74) is 2.76. The summed E-state index contributed by atoms with van der Waals surface area (Å²) in [6.45, 7) is 3.56. The van der Waals surface area contributed by atoms with E-state index in [9.17, 15) is 8.42 Å². The first-order valence-electron chi connectivity index (χ1n) is 6.91. The maximum Gasteiger partial charge on any atom is 0.154 e. The molecule has 0 aromatic carbocycles. The van der Waals surface area contributed by atoms with Gasteiger partial charge in [0.05, 0.1) is 4.75 Å². The molecule has 5 heteroatoms. The minimum absolute atomic E-state index is 0.156. The van der Waals surface area contributed by atoms with Gasteiger partial charge in [-0.05, 0) is 57.3 Å². The topological polar surface area (TPSA) is 72.2 Å². The van der Waals surface area contributed by atoms with Gasteiger partial charge < -0.3 is 0 Å². The third kappa shape index (κ3) is 2.45. The molecular formula is C13H26N2O2S. The van der Waals surface area contributed by atoms with E-state index in [4.69, 9.17) is 5.84 Å². The van der Waals surface area contributed by atoms with Gasteiger partial charge in [-0.2, -0.15) is 0 Å². The fourth-order valence-electron chi connectivity index (χ4n) is 3.78. The first-order valence-corrected chi connectivity index (χ1v) is 8.80. The Bertz CT molecular complexity index is 405. The summed E-state index contributed by atoms with van der Waals surface area (Å²) < 4.78 is 23.0. The standard InChI is InChI=1S/C13H26N2O2S/c1-13(2,18(3,16)17)12(15-14)8-11-7-9-4-5-10(11)6-9/h9-12,15H,4-8,14H2,1-3H3. The lowest BCUT2D eigenvalue weighted by atomic mass is 9.82. The van der Waals surface area contributed by atoms with E-state index >= 15 is 0 Å². The number of sulfone groups is 1. The molecule has 0 amide bonds. The van der Waals surface area contributed by atoms with Crippen LogP contribution in [0.4, 0.5) is 0 Å². The summed E-state index contributed by atoms with van der Waals surface area (Å²) >= 11 is 0. The van der Waals surface area contributed by atoms with Crippen molar-refractivity contribution >= 4 is 9.84 Å². The fourth-order valence-corrected chi connectivity index (χ4v) is 4.46. The largest absolute Gasteiger partial charge is 0.271 e. The second kappa shape index (κ2) is 4.76. The van der Waals surface area contributed by atoms with Gasteiger partial charge in [0.25, 0.3) is 0 Å². The molecule has 4 atom stereocenters. The molecule has 2 bridgehead atoms. The van der Waals surface area contributed by atoms with E-state index in [1.807, 2.05) is 0 Å². The molecule has 3 N–H and O–H groups in total. The molecule has 4 unspecified atom stereocenters. The van der Waals surface area contributed by atoms with Gasteiger partial charge in [0.15, 0.2) is 9.84 Å². The maximum absolute atomic E-state index is 11.9. The van der Waals surface area contributed by atoms with Crippen LogP contribution < -0.4 is 11.3 Å². The Labute approximate surface area is 111 Å². The molecule has 18 heavy (non-hydrogen) atoms. The molecule has 2 saturated carbocycles. The summed E-state index contributed by atoms with van der Waals surface area (Å²) in [5.74, 6) is 7.97. The first kappa shape index (κ1) is 14.3. The lowest BCUT2D eigenvalue weighted by molar-refractivity contribution is 0.257. The Morgan fingerprint density at radius 2 is 2.00 bits per heavy atom. The van der Waals surface area contributed by atoms with Crippen LogP contribution in [-0.2, 0) is 9.84 Å². The third-order valence-electron chi connectivity index (χ3n) is 5.42. The van der Waals surface area contributed by atoms with Crippen LogP contribution in [0.3, 0.4) is 0 Å². The molecule has 0 spiro atoms. The van der Waals surface area contributed by atoms with E-state index in [-0.39, 0.29) is 6.04 Å². The molecular weight excluding hydrogens is 248 g/mol. The Morgan fingerprint density at radius 1 is 1.33 bits per heavy atom. The molecule has 0 aliphatic heterocycles. The predicted molar refractivity (Wildman–Crippen MR) is 73.6 cm³/mol. The van der Waals surface area contributed by atoms with Gasteiger partial charge in [-0.1, -0.05) is 6.42 Å². The SMILES string of the molecule is CC(C)(C(CC1CC2CCC1C2)NN)S(C)(=O)=O. The lowest BCUT2D eigenvalue weighted by Gasteiger charge is -2.35. The number of rotatable bonds is 5. The van der Waals surface area contributed by atoms with Crippen molar-refractivity contribution in [1.82, 2.24) is 5.43 Å². The smallest absolute Gasteiger partial charge is 0.154 e. The van der Waals surface area contributed by atoms with Gasteiger partial charge in [0.1, 0.15) is 0 Å². The molecule has 2 aliphatic carbocycles. The quantitative estimate of drug-likeness (QED) is 0.588. The summed E-state index contributed by atoms with van der Waals surface area (Å²) in [4.78, 5) is 0. The van der Waals surface area contributed by atoms with Crippen LogP contribution in [-0.4, -0.2) is 25.5 Å². The van der Waals surface area contributed by atoms with Crippen molar-refractivity contribution in [2.75, 3.05) is 6.26 Å². The van der Waals surface area contributed by atoms with Crippen LogP contribution in [0.5, 0.6) is 0 Å². The van der Waals surface area contributed by atoms with Crippen molar-refractivity contribution in [3.8, 4) is 0 Å². The number of nitrogens with two attached hydrogens (primary N) is 1. The second-order valence-corrected chi connectivity index (χ2v) is 9.36. The van der Waals surface area contributed by atoms with Crippen LogP contribution in [0.2, 0.25) is 0 Å². The number of hydrogen-bond acceptors (Lipinski definition) is 4. The zero-order valence-corrected chi connectivity index (χ0v) is 12.5. The summed E-state index contributed by atoms with van der Waals surface area (Å²) in [6, 6.07) is -0.156. The number of nitrogens with one attached hydrogen (secondary N) is 1. The molecule has 2 rings (SSSR count). The highest BCUT2D eigenvalue weighted by atomic mass is 32.2. The number of fused-ring (bicyclic) bond motifs is 2. The van der Waals surface area contributed by atoms with Crippen molar-refractivity contribution in [3.05, 3.63) is 0 Å². The molecule has 0 radical (unpaired) electrons. The molecule has 2 fully saturated rings. The monoisotopic (exact) mass is 274 g/mol. The van der Waals surface area contributed by atoms with E-state index < -0.39 is 14.6 Å². The van der Waals surface area contributed by atoms with Gasteiger partial charge in [-0.15, -0.1) is 0 Å². The fraction of sp³-hybridized carbons (Fsp3) is 1.00. The van der Waals surface area contributed by atoms with Gasteiger partial charge in [-0.3, -0.25) is 11.3 Å². The van der Waals surface area contributed by atoms with E-state index in [1.54, 1.807) is 13.8 Å². The molecule has 0 aromatic heterocycles. The Hall–Kier alpha value is -0.130. The molecule has 0 saturated heterocycles. The van der Waals surface area contributed by atoms with Crippen LogP contribution in [0.15, 0.2) is 0 Å². The van der Waals surface area contributed by atoms with E-state index in [0.717, 1.165) is 18.3 Å². The van der Waals surface area contributed by atoms with Gasteiger partial charge in [0, 0.05) is 12.3 Å². The average Bonchev–Trinajstić information content (AvgIpc) is 2.85. The van der Waals surface area contributed by atoms with Gasteiger partial charge in [-0.25, -0.2) is 8.42 Å². The van der Waals surface area contributed by atoms with Crippen molar-refractivity contribution in [3.63, 3.8) is 0 Å². The van der Waals surface area contributed by atoms with Crippen LogP contribution in [0.1, 0.15) is 46.0 Å². The Kier molecular flexibility index (Phi) is 3.78. The van der Waals surface area contributed by atoms with Crippen LogP contribution >= 0.6 is 0 Å². The summed E-state index contributed by atoms with van der Waals surface area (Å²) in [7, 11) is -3.11. The van der Waals surface area contributed by atoms with Crippen molar-refractivity contribution in [2.45, 2.75) is 56.7 Å². The number of hydrazine groups is 1. The van der Waals surface area contributed by atoms with E-state index in [1.165, 1.54) is 31.9 Å². The molecule has 2 aliphatic rings. The first-order chi connectivity index (χ1) is 8.25. The second-order valence-electron chi connectivity index (χ2n) is 6.77. The highest BCUT2D eigenvalue weighted by molar-refractivity contribution is 7.92. The Morgan fingerprint density at radius 3 is 2.39 bits per heavy atom. The normalized spacial score (nSPS) is 33.9. The Balaban J connectivity index is 2.06. The van der Waals surface area contributed by atoms with Crippen molar-refractivity contribution in [1.29, 1.82) is 0 Å². The zero-order chi connectivity index (χ0) is 13.6.